The number of nitrogens with zero attached hydrogens (tertiary/aromatic N) is 3. The Hall–Kier alpha value is -3.32. The molecule has 168 valence electrons. The second-order valence-corrected chi connectivity index (χ2v) is 8.32. The number of carbonyl (C=O) groups excluding carboxylic acids is 2. The smallest absolute Gasteiger partial charge is 0.282 e. The third-order valence-corrected chi connectivity index (χ3v) is 6.16. The average Bonchev–Trinajstić information content (AvgIpc) is 3.03. The summed E-state index contributed by atoms with van der Waals surface area (Å²) in [5.74, 6) is 0.342. The molecule has 0 saturated carbocycles. The first-order valence-electron chi connectivity index (χ1n) is 10.7. The van der Waals surface area contributed by atoms with Gasteiger partial charge in [-0.2, -0.15) is 0 Å². The molecule has 2 amide bonds. The Morgan fingerprint density at radius 3 is 2.19 bits per heavy atom. The van der Waals surface area contributed by atoms with Crippen molar-refractivity contribution in [1.82, 2.24) is 9.80 Å². The molecule has 0 bridgehead atoms. The monoisotopic (exact) mass is 435 g/mol. The molecule has 2 aliphatic heterocycles. The Morgan fingerprint density at radius 2 is 1.56 bits per heavy atom. The van der Waals surface area contributed by atoms with Crippen molar-refractivity contribution in [3.63, 3.8) is 0 Å². The molecule has 0 unspecified atom stereocenters. The molecule has 1 saturated heterocycles. The predicted octanol–water partition coefficient (Wildman–Crippen LogP) is 2.85. The van der Waals surface area contributed by atoms with Crippen molar-refractivity contribution in [3.05, 3.63) is 58.8 Å². The highest BCUT2D eigenvalue weighted by molar-refractivity contribution is 6.45. The number of piperazine rings is 1. The summed E-state index contributed by atoms with van der Waals surface area (Å²) in [5.41, 5.74) is 4.20. The van der Waals surface area contributed by atoms with Gasteiger partial charge in [-0.05, 0) is 44.2 Å². The summed E-state index contributed by atoms with van der Waals surface area (Å²) >= 11 is 0. The number of imide groups is 1. The molecule has 0 N–H and O–H groups in total. The lowest BCUT2D eigenvalue weighted by Crippen LogP contribution is -2.46. The second-order valence-electron chi connectivity index (χ2n) is 8.32. The molecule has 0 atom stereocenters. The van der Waals surface area contributed by atoms with Crippen LogP contribution in [0.2, 0.25) is 0 Å². The van der Waals surface area contributed by atoms with Crippen LogP contribution >= 0.6 is 0 Å². The molecule has 0 aromatic heterocycles. The van der Waals surface area contributed by atoms with E-state index in [0.717, 1.165) is 29.8 Å². The number of amides is 2. The van der Waals surface area contributed by atoms with E-state index in [1.165, 1.54) is 12.0 Å². The van der Waals surface area contributed by atoms with Gasteiger partial charge in [-0.3, -0.25) is 9.59 Å². The minimum absolute atomic E-state index is 0.321. The largest absolute Gasteiger partial charge is 0.497 e. The van der Waals surface area contributed by atoms with Gasteiger partial charge in [0.2, 0.25) is 0 Å². The van der Waals surface area contributed by atoms with Crippen LogP contribution in [0.4, 0.5) is 5.69 Å². The second kappa shape index (κ2) is 8.67. The van der Waals surface area contributed by atoms with Gasteiger partial charge in [-0.1, -0.05) is 23.8 Å². The summed E-state index contributed by atoms with van der Waals surface area (Å²) < 4.78 is 10.8. The Bertz CT molecular complexity index is 1100. The van der Waals surface area contributed by atoms with E-state index in [2.05, 4.69) is 11.9 Å². The fourth-order valence-electron chi connectivity index (χ4n) is 4.37. The van der Waals surface area contributed by atoms with Crippen LogP contribution in [-0.4, -0.2) is 69.1 Å². The van der Waals surface area contributed by atoms with E-state index >= 15 is 0 Å². The summed E-state index contributed by atoms with van der Waals surface area (Å²) in [6.07, 6.45) is 0. The molecule has 4 rings (SSSR count). The van der Waals surface area contributed by atoms with E-state index in [0.29, 0.717) is 41.5 Å². The number of aryl methyl sites for hydroxylation is 2. The highest BCUT2D eigenvalue weighted by Crippen LogP contribution is 2.40. The topological polar surface area (TPSA) is 62.3 Å². The van der Waals surface area contributed by atoms with Crippen LogP contribution in [0.5, 0.6) is 11.5 Å². The Labute approximate surface area is 188 Å². The van der Waals surface area contributed by atoms with Crippen molar-refractivity contribution in [2.75, 3.05) is 52.3 Å². The van der Waals surface area contributed by atoms with Crippen molar-refractivity contribution in [2.24, 2.45) is 0 Å². The molecular weight excluding hydrogens is 406 g/mol. The van der Waals surface area contributed by atoms with E-state index in [-0.39, 0.29) is 11.8 Å². The Balaban J connectivity index is 1.85. The van der Waals surface area contributed by atoms with Crippen molar-refractivity contribution < 1.29 is 19.1 Å². The standard InChI is InChI=1S/C25H29N3O4/c1-16-6-8-19(17(2)14-16)22-23(27-12-10-26(3)11-13-27)25(30)28(24(22)29)20-9-7-18(31-4)15-21(20)32-5/h6-9,14-15H,10-13H2,1-5H3. The fourth-order valence-corrected chi connectivity index (χ4v) is 4.37. The quantitative estimate of drug-likeness (QED) is 0.673. The van der Waals surface area contributed by atoms with Crippen LogP contribution in [-0.2, 0) is 9.59 Å². The van der Waals surface area contributed by atoms with Gasteiger partial charge in [-0.25, -0.2) is 4.90 Å². The molecule has 0 spiro atoms. The van der Waals surface area contributed by atoms with Crippen LogP contribution < -0.4 is 14.4 Å². The fraction of sp³-hybridized carbons (Fsp3) is 0.360. The van der Waals surface area contributed by atoms with Crippen molar-refractivity contribution in [2.45, 2.75) is 13.8 Å². The zero-order valence-electron chi connectivity index (χ0n) is 19.3. The van der Waals surface area contributed by atoms with Gasteiger partial charge in [-0.15, -0.1) is 0 Å². The number of hydrogen-bond acceptors (Lipinski definition) is 6. The highest BCUT2D eigenvalue weighted by atomic mass is 16.5. The number of likely N-dealkylation sites (N-methyl/N-ethyl adjacent to an activating group) is 1. The molecule has 1 fully saturated rings. The first-order chi connectivity index (χ1) is 15.3. The summed E-state index contributed by atoms with van der Waals surface area (Å²) in [6.45, 7) is 7.03. The zero-order chi connectivity index (χ0) is 23.0. The first kappa shape index (κ1) is 21.9. The van der Waals surface area contributed by atoms with Crippen LogP contribution in [0.15, 0.2) is 42.1 Å². The Kier molecular flexibility index (Phi) is 5.93. The van der Waals surface area contributed by atoms with Gasteiger partial charge in [0, 0.05) is 32.2 Å². The predicted molar refractivity (Wildman–Crippen MR) is 124 cm³/mol. The summed E-state index contributed by atoms with van der Waals surface area (Å²) in [7, 11) is 5.14. The van der Waals surface area contributed by atoms with Gasteiger partial charge < -0.3 is 19.3 Å². The molecule has 2 aromatic rings. The van der Waals surface area contributed by atoms with Crippen LogP contribution in [0.1, 0.15) is 16.7 Å². The first-order valence-corrected chi connectivity index (χ1v) is 10.7. The molecule has 7 nitrogen and oxygen atoms in total. The third-order valence-electron chi connectivity index (χ3n) is 6.16. The molecule has 2 heterocycles. The number of hydrogen-bond donors (Lipinski definition) is 0. The number of methoxy groups -OCH3 is 2. The molecular formula is C25H29N3O4. The van der Waals surface area contributed by atoms with Crippen LogP contribution in [0, 0.1) is 13.8 Å². The summed E-state index contributed by atoms with van der Waals surface area (Å²) in [6, 6.07) is 11.1. The number of benzene rings is 2. The lowest BCUT2D eigenvalue weighted by atomic mass is 9.97. The Morgan fingerprint density at radius 1 is 0.844 bits per heavy atom. The highest BCUT2D eigenvalue weighted by Gasteiger charge is 2.44. The lowest BCUT2D eigenvalue weighted by Gasteiger charge is -2.34. The van der Waals surface area contributed by atoms with E-state index in [9.17, 15) is 9.59 Å². The molecule has 0 aliphatic carbocycles. The number of carbonyl (C=O) groups is 2. The lowest BCUT2D eigenvalue weighted by molar-refractivity contribution is -0.120. The van der Waals surface area contributed by atoms with Crippen LogP contribution in [0.3, 0.4) is 0 Å². The number of anilines is 1. The van der Waals surface area contributed by atoms with E-state index in [4.69, 9.17) is 9.47 Å². The van der Waals surface area contributed by atoms with Crippen molar-refractivity contribution in [3.8, 4) is 11.5 Å². The van der Waals surface area contributed by atoms with Gasteiger partial charge in [0.25, 0.3) is 11.8 Å². The zero-order valence-corrected chi connectivity index (χ0v) is 19.3. The van der Waals surface area contributed by atoms with Gasteiger partial charge >= 0.3 is 0 Å². The SMILES string of the molecule is COc1ccc(N2C(=O)C(c3ccc(C)cc3C)=C(N3CCN(C)CC3)C2=O)c(OC)c1. The van der Waals surface area contributed by atoms with E-state index in [1.807, 2.05) is 36.9 Å². The molecule has 2 aromatic carbocycles. The maximum absolute atomic E-state index is 13.8. The third kappa shape index (κ3) is 3.73. The summed E-state index contributed by atoms with van der Waals surface area (Å²) in [4.78, 5) is 33.1. The van der Waals surface area contributed by atoms with E-state index < -0.39 is 0 Å². The van der Waals surface area contributed by atoms with E-state index in [1.54, 1.807) is 25.3 Å². The maximum atomic E-state index is 13.8. The summed E-state index contributed by atoms with van der Waals surface area (Å²) in [5, 5.41) is 0. The average molecular weight is 436 g/mol. The molecule has 7 heteroatoms. The normalized spacial score (nSPS) is 17.4. The minimum atomic E-state index is -0.334. The van der Waals surface area contributed by atoms with Crippen molar-refractivity contribution in [1.29, 1.82) is 0 Å². The number of ether oxygens (including phenoxy) is 2. The molecule has 32 heavy (non-hydrogen) atoms. The van der Waals surface area contributed by atoms with Gasteiger partial charge in [0.1, 0.15) is 17.2 Å². The maximum Gasteiger partial charge on any atom is 0.282 e. The van der Waals surface area contributed by atoms with Crippen molar-refractivity contribution >= 4 is 23.1 Å². The minimum Gasteiger partial charge on any atom is -0.497 e. The molecule has 2 aliphatic rings. The van der Waals surface area contributed by atoms with Crippen LogP contribution in [0.25, 0.3) is 5.57 Å². The van der Waals surface area contributed by atoms with Gasteiger partial charge in [0.05, 0.1) is 25.5 Å². The van der Waals surface area contributed by atoms with Gasteiger partial charge in [0.15, 0.2) is 0 Å². The number of rotatable bonds is 5. The molecule has 0 radical (unpaired) electrons.